The van der Waals surface area contributed by atoms with Crippen molar-refractivity contribution in [3.8, 4) is 0 Å². The van der Waals surface area contributed by atoms with Gasteiger partial charge in [0.1, 0.15) is 24.4 Å². The molecule has 3 rings (SSSR count). The first-order valence-corrected chi connectivity index (χ1v) is 13.3. The highest BCUT2D eigenvalue weighted by atomic mass is 28.4. The monoisotopic (exact) mass is 454 g/mol. The molecule has 31 heavy (non-hydrogen) atoms. The zero-order valence-corrected chi connectivity index (χ0v) is 20.6. The smallest absolute Gasteiger partial charge is 0.314 e. The second-order valence-electron chi connectivity index (χ2n) is 9.48. The molecule has 7 nitrogen and oxygen atoms in total. The van der Waals surface area contributed by atoms with Gasteiger partial charge in [-0.15, -0.1) is 0 Å². The number of hydrogen-bond acceptors (Lipinski definition) is 7. The number of aliphatic hydroxyl groups is 2. The van der Waals surface area contributed by atoms with Crippen LogP contribution in [0.5, 0.6) is 0 Å². The van der Waals surface area contributed by atoms with E-state index < -0.39 is 45.0 Å². The lowest BCUT2D eigenvalue weighted by Gasteiger charge is -2.44. The first-order chi connectivity index (χ1) is 14.6. The topological polar surface area (TPSA) is 86.6 Å². The Morgan fingerprint density at radius 3 is 2.03 bits per heavy atom. The molecule has 1 aromatic rings. The molecule has 0 spiro atoms. The summed E-state index contributed by atoms with van der Waals surface area (Å²) in [7, 11) is -0.680. The molecule has 0 amide bonds. The van der Waals surface area contributed by atoms with E-state index in [2.05, 4.69) is 41.5 Å². The second kappa shape index (κ2) is 9.57. The van der Waals surface area contributed by atoms with Crippen LogP contribution in [-0.2, 0) is 29.3 Å². The highest BCUT2D eigenvalue weighted by molar-refractivity contribution is 6.77. The Labute approximate surface area is 186 Å². The van der Waals surface area contributed by atoms with Crippen molar-refractivity contribution in [3.63, 3.8) is 0 Å². The molecular weight excluding hydrogens is 416 g/mol. The van der Waals surface area contributed by atoms with E-state index in [0.29, 0.717) is 22.2 Å². The molecule has 2 aliphatic heterocycles. The summed E-state index contributed by atoms with van der Waals surface area (Å²) in [4.78, 5) is 0. The zero-order chi connectivity index (χ0) is 23.0. The quantitative estimate of drug-likeness (QED) is 0.582. The largest absolute Gasteiger partial charge is 0.413 e. The summed E-state index contributed by atoms with van der Waals surface area (Å²) in [6.07, 6.45) is -4.85. The summed E-state index contributed by atoms with van der Waals surface area (Å²) in [5.74, 6) is -1.50. The van der Waals surface area contributed by atoms with E-state index in [-0.39, 0.29) is 6.61 Å². The number of ether oxygens (including phenoxy) is 4. The summed E-state index contributed by atoms with van der Waals surface area (Å²) in [5.41, 5.74) is 1.85. The number of hydrogen-bond donors (Lipinski definition) is 2. The minimum absolute atomic E-state index is 0.191. The molecule has 0 aliphatic carbocycles. The molecule has 176 valence electrons. The standard InChI is InChI=1S/C23H38O7Si/c1-14(2)31(15(3)4,16(5)6)27-13-18-19(24)20(25)21-22(28-18)30-23(26-7,29-21)17-11-9-8-10-12-17/h8-12,14-16,18-22,24-25H,13H2,1-7H3/t18-,19-,20+,21+,22+,23-/m1/s1. The molecule has 2 heterocycles. The van der Waals surface area contributed by atoms with Gasteiger partial charge in [0.05, 0.1) is 6.61 Å². The maximum Gasteiger partial charge on any atom is 0.314 e. The van der Waals surface area contributed by atoms with Crippen LogP contribution in [0.25, 0.3) is 0 Å². The van der Waals surface area contributed by atoms with Crippen LogP contribution in [-0.4, -0.2) is 63.0 Å². The van der Waals surface area contributed by atoms with Gasteiger partial charge in [-0.05, 0) is 16.6 Å². The van der Waals surface area contributed by atoms with Crippen LogP contribution in [0, 0.1) is 0 Å². The molecule has 1 aromatic carbocycles. The average molecular weight is 455 g/mol. The lowest BCUT2D eigenvalue weighted by atomic mass is 9.99. The Morgan fingerprint density at radius 2 is 1.52 bits per heavy atom. The van der Waals surface area contributed by atoms with Gasteiger partial charge in [-0.2, -0.15) is 0 Å². The first kappa shape index (κ1) is 24.8. The van der Waals surface area contributed by atoms with Crippen molar-refractivity contribution in [1.82, 2.24) is 0 Å². The molecule has 2 fully saturated rings. The maximum absolute atomic E-state index is 10.8. The summed E-state index contributed by atoms with van der Waals surface area (Å²) >= 11 is 0. The first-order valence-electron chi connectivity index (χ1n) is 11.2. The van der Waals surface area contributed by atoms with E-state index in [1.165, 1.54) is 7.11 Å². The van der Waals surface area contributed by atoms with E-state index in [1.54, 1.807) is 0 Å². The number of aliphatic hydroxyl groups excluding tert-OH is 2. The molecular formula is C23H38O7Si. The molecule has 2 aliphatic rings. The number of methoxy groups -OCH3 is 1. The van der Waals surface area contributed by atoms with Gasteiger partial charge in [-0.25, -0.2) is 0 Å². The van der Waals surface area contributed by atoms with E-state index in [0.717, 1.165) is 0 Å². The number of rotatable bonds is 8. The van der Waals surface area contributed by atoms with Gasteiger partial charge >= 0.3 is 5.97 Å². The van der Waals surface area contributed by atoms with Crippen molar-refractivity contribution >= 4 is 8.32 Å². The van der Waals surface area contributed by atoms with Crippen molar-refractivity contribution in [3.05, 3.63) is 35.9 Å². The SMILES string of the molecule is CO[C@@]1(c2ccccc2)O[C@@H]2O[C@H](CO[Si](C(C)C)(C(C)C)C(C)C)[C@@H](O)[C@H](O)[C@@H]2O1. The highest BCUT2D eigenvalue weighted by Crippen LogP contribution is 2.45. The van der Waals surface area contributed by atoms with E-state index in [4.69, 9.17) is 23.4 Å². The fourth-order valence-electron chi connectivity index (χ4n) is 5.34. The Kier molecular flexibility index (Phi) is 7.65. The minimum Gasteiger partial charge on any atom is -0.413 e. The van der Waals surface area contributed by atoms with Crippen LogP contribution < -0.4 is 0 Å². The zero-order valence-electron chi connectivity index (χ0n) is 19.6. The average Bonchev–Trinajstić information content (AvgIpc) is 3.12. The van der Waals surface area contributed by atoms with Gasteiger partial charge in [0.15, 0.2) is 14.6 Å². The third-order valence-corrected chi connectivity index (χ3v) is 12.9. The predicted molar refractivity (Wildman–Crippen MR) is 119 cm³/mol. The van der Waals surface area contributed by atoms with Crippen molar-refractivity contribution in [2.24, 2.45) is 0 Å². The molecule has 0 bridgehead atoms. The molecule has 8 heteroatoms. The highest BCUT2D eigenvalue weighted by Gasteiger charge is 2.58. The predicted octanol–water partition coefficient (Wildman–Crippen LogP) is 3.50. The van der Waals surface area contributed by atoms with Gasteiger partial charge in [0.2, 0.25) is 0 Å². The molecule has 0 aromatic heterocycles. The molecule has 0 radical (unpaired) electrons. The van der Waals surface area contributed by atoms with Crippen molar-refractivity contribution in [1.29, 1.82) is 0 Å². The molecule has 2 N–H and O–H groups in total. The van der Waals surface area contributed by atoms with Crippen LogP contribution in [0.3, 0.4) is 0 Å². The summed E-state index contributed by atoms with van der Waals surface area (Å²) in [5, 5.41) is 21.6. The van der Waals surface area contributed by atoms with E-state index in [1.807, 2.05) is 30.3 Å². The lowest BCUT2D eigenvalue weighted by molar-refractivity contribution is -0.357. The lowest BCUT2D eigenvalue weighted by Crippen LogP contribution is -2.59. The van der Waals surface area contributed by atoms with Gasteiger partial charge in [-0.3, -0.25) is 4.74 Å². The Bertz CT molecular complexity index is 691. The fourth-order valence-corrected chi connectivity index (χ4v) is 10.8. The van der Waals surface area contributed by atoms with E-state index in [9.17, 15) is 10.2 Å². The molecule has 6 atom stereocenters. The number of benzene rings is 1. The van der Waals surface area contributed by atoms with Crippen LogP contribution in [0.2, 0.25) is 16.6 Å². The maximum atomic E-state index is 10.8. The molecule has 0 saturated carbocycles. The van der Waals surface area contributed by atoms with Gasteiger partial charge in [-0.1, -0.05) is 71.9 Å². The Hall–Kier alpha value is -0.843. The summed E-state index contributed by atoms with van der Waals surface area (Å²) in [6.45, 7) is 13.4. The number of fused-ring (bicyclic) bond motifs is 1. The third kappa shape index (κ3) is 4.37. The third-order valence-electron chi connectivity index (χ3n) is 6.81. The second-order valence-corrected chi connectivity index (χ2v) is 14.9. The van der Waals surface area contributed by atoms with Crippen LogP contribution in [0.4, 0.5) is 0 Å². The Balaban J connectivity index is 1.78. The van der Waals surface area contributed by atoms with Crippen LogP contribution in [0.15, 0.2) is 30.3 Å². The summed E-state index contributed by atoms with van der Waals surface area (Å²) < 4.78 is 30.2. The Morgan fingerprint density at radius 1 is 0.935 bits per heavy atom. The van der Waals surface area contributed by atoms with Gasteiger partial charge in [0, 0.05) is 12.7 Å². The van der Waals surface area contributed by atoms with Crippen LogP contribution in [0.1, 0.15) is 47.1 Å². The van der Waals surface area contributed by atoms with Gasteiger partial charge < -0.3 is 28.8 Å². The fraction of sp³-hybridized carbons (Fsp3) is 0.739. The van der Waals surface area contributed by atoms with Crippen molar-refractivity contribution in [2.75, 3.05) is 13.7 Å². The van der Waals surface area contributed by atoms with Gasteiger partial charge in [0.25, 0.3) is 0 Å². The minimum atomic E-state index is -2.15. The van der Waals surface area contributed by atoms with Crippen molar-refractivity contribution < 1.29 is 33.6 Å². The van der Waals surface area contributed by atoms with Crippen LogP contribution >= 0.6 is 0 Å². The molecule has 2 saturated heterocycles. The molecule has 0 unspecified atom stereocenters. The van der Waals surface area contributed by atoms with E-state index >= 15 is 0 Å². The van der Waals surface area contributed by atoms with Crippen molar-refractivity contribution in [2.45, 2.75) is 94.8 Å². The normalized spacial score (nSPS) is 34.0. The summed E-state index contributed by atoms with van der Waals surface area (Å²) in [6, 6.07) is 9.21.